The largest absolute Gasteiger partial charge is 0.469 e. The summed E-state index contributed by atoms with van der Waals surface area (Å²) in [7, 11) is 1.43. The van der Waals surface area contributed by atoms with E-state index in [4.69, 9.17) is 14.2 Å². The van der Waals surface area contributed by atoms with E-state index < -0.39 is 6.10 Å². The molecular formula is C32H43NO5. The fourth-order valence-corrected chi connectivity index (χ4v) is 5.71. The fourth-order valence-electron chi connectivity index (χ4n) is 5.71. The summed E-state index contributed by atoms with van der Waals surface area (Å²) in [5.74, 6) is 0.0486. The predicted octanol–water partition coefficient (Wildman–Crippen LogP) is 4.73. The van der Waals surface area contributed by atoms with Crippen LogP contribution in [0.4, 0.5) is 0 Å². The molecule has 6 heteroatoms. The predicted molar refractivity (Wildman–Crippen MR) is 149 cm³/mol. The molecule has 1 saturated heterocycles. The van der Waals surface area contributed by atoms with Crippen LogP contribution in [0.3, 0.4) is 0 Å². The van der Waals surface area contributed by atoms with Gasteiger partial charge in [0.1, 0.15) is 0 Å². The smallest absolute Gasteiger partial charge is 0.305 e. The molecule has 1 heterocycles. The molecule has 1 saturated carbocycles. The minimum atomic E-state index is -0.406. The van der Waals surface area contributed by atoms with Crippen molar-refractivity contribution in [3.8, 4) is 0 Å². The van der Waals surface area contributed by atoms with Gasteiger partial charge >= 0.3 is 5.97 Å². The number of aryl methyl sites for hydroxylation is 2. The number of carbonyl (C=O) groups excluding carboxylic acids is 1. The summed E-state index contributed by atoms with van der Waals surface area (Å²) in [6, 6.07) is 19.4. The minimum Gasteiger partial charge on any atom is -0.469 e. The van der Waals surface area contributed by atoms with Crippen molar-refractivity contribution in [2.75, 3.05) is 33.4 Å². The quantitative estimate of drug-likeness (QED) is 0.234. The second-order valence-electron chi connectivity index (χ2n) is 10.4. The van der Waals surface area contributed by atoms with Gasteiger partial charge in [-0.2, -0.15) is 0 Å². The van der Waals surface area contributed by atoms with E-state index in [-0.39, 0.29) is 24.0 Å². The number of methoxy groups -OCH3 is 1. The summed E-state index contributed by atoms with van der Waals surface area (Å²) in [5, 5.41) is 11.1. The zero-order valence-corrected chi connectivity index (χ0v) is 22.7. The highest BCUT2D eigenvalue weighted by Gasteiger charge is 2.45. The van der Waals surface area contributed by atoms with Crippen LogP contribution < -0.4 is 0 Å². The average Bonchev–Trinajstić information content (AvgIpc) is 3.28. The van der Waals surface area contributed by atoms with E-state index in [2.05, 4.69) is 71.6 Å². The molecule has 1 aliphatic heterocycles. The molecule has 4 rings (SSSR count). The van der Waals surface area contributed by atoms with Crippen LogP contribution in [0.2, 0.25) is 0 Å². The molecule has 2 aliphatic rings. The Kier molecular flexibility index (Phi) is 11.4. The second kappa shape index (κ2) is 15.2. The van der Waals surface area contributed by atoms with E-state index in [1.807, 2.05) is 0 Å². The number of esters is 1. The lowest BCUT2D eigenvalue weighted by Gasteiger charge is -2.37. The summed E-state index contributed by atoms with van der Waals surface area (Å²) < 4.78 is 16.8. The van der Waals surface area contributed by atoms with Crippen molar-refractivity contribution in [3.63, 3.8) is 0 Å². The van der Waals surface area contributed by atoms with Gasteiger partial charge in [0.15, 0.2) is 0 Å². The second-order valence-corrected chi connectivity index (χ2v) is 10.4. The molecule has 2 aromatic rings. The maximum atomic E-state index is 11.3. The van der Waals surface area contributed by atoms with Crippen molar-refractivity contribution in [1.82, 2.24) is 4.90 Å². The summed E-state index contributed by atoms with van der Waals surface area (Å²) >= 11 is 0. The number of benzene rings is 2. The van der Waals surface area contributed by atoms with Gasteiger partial charge < -0.3 is 19.3 Å². The molecule has 0 spiro atoms. The SMILES string of the molecule is COC(=O)CCCC=CC[C@@H]1[C@@H](N2CCOCC2)[C@H](O)C[C@@H]1OCc1ccc(CCc2ccccc2)cc1. The highest BCUT2D eigenvalue weighted by atomic mass is 16.5. The van der Waals surface area contributed by atoms with Gasteiger partial charge in [-0.25, -0.2) is 0 Å². The Hall–Kier alpha value is -2.51. The highest BCUT2D eigenvalue weighted by molar-refractivity contribution is 5.69. The fraction of sp³-hybridized carbons (Fsp3) is 0.531. The number of unbranched alkanes of at least 4 members (excludes halogenated alkanes) is 1. The summed E-state index contributed by atoms with van der Waals surface area (Å²) in [6.45, 7) is 3.66. The van der Waals surface area contributed by atoms with Gasteiger partial charge in [-0.3, -0.25) is 9.69 Å². The van der Waals surface area contributed by atoms with Crippen molar-refractivity contribution < 1.29 is 24.1 Å². The van der Waals surface area contributed by atoms with Crippen LogP contribution in [-0.2, 0) is 38.5 Å². The van der Waals surface area contributed by atoms with Crippen molar-refractivity contribution >= 4 is 5.97 Å². The van der Waals surface area contributed by atoms with Crippen LogP contribution in [0.15, 0.2) is 66.7 Å². The average molecular weight is 522 g/mol. The van der Waals surface area contributed by atoms with Gasteiger partial charge in [0.2, 0.25) is 0 Å². The maximum Gasteiger partial charge on any atom is 0.305 e. The number of ether oxygens (including phenoxy) is 3. The van der Waals surface area contributed by atoms with Crippen LogP contribution >= 0.6 is 0 Å². The number of rotatable bonds is 13. The number of hydrogen-bond donors (Lipinski definition) is 1. The van der Waals surface area contributed by atoms with Crippen LogP contribution in [0, 0.1) is 5.92 Å². The van der Waals surface area contributed by atoms with Crippen molar-refractivity contribution in [3.05, 3.63) is 83.4 Å². The molecule has 206 valence electrons. The van der Waals surface area contributed by atoms with Gasteiger partial charge in [-0.05, 0) is 48.8 Å². The molecule has 0 radical (unpaired) electrons. The number of aliphatic hydroxyl groups is 1. The van der Waals surface area contributed by atoms with Gasteiger partial charge in [-0.1, -0.05) is 66.7 Å². The molecule has 2 fully saturated rings. The molecule has 1 aliphatic carbocycles. The Morgan fingerprint density at radius 3 is 2.39 bits per heavy atom. The van der Waals surface area contributed by atoms with Crippen LogP contribution in [0.1, 0.15) is 48.8 Å². The zero-order valence-electron chi connectivity index (χ0n) is 22.7. The number of carbonyl (C=O) groups is 1. The molecule has 6 nitrogen and oxygen atoms in total. The first kappa shape index (κ1) is 28.5. The van der Waals surface area contributed by atoms with Crippen molar-refractivity contribution in [2.24, 2.45) is 5.92 Å². The standard InChI is InChI=1S/C32H43NO5/c1-36-31(35)12-8-3-2-7-11-28-30(23-29(34)32(28)33-19-21-37-22-20-33)38-24-27-17-15-26(16-18-27)14-13-25-9-5-4-6-10-25/h2,4-7,9-10,15-18,28-30,32,34H,3,8,11-14,19-24H2,1H3/t28-,29+,30-,32+/m0/s1. The lowest BCUT2D eigenvalue weighted by molar-refractivity contribution is -0.140. The van der Waals surface area contributed by atoms with Gasteiger partial charge in [-0.15, -0.1) is 0 Å². The number of allylic oxidation sites excluding steroid dienone is 2. The van der Waals surface area contributed by atoms with Crippen LogP contribution in [0.5, 0.6) is 0 Å². The number of morpholine rings is 1. The minimum absolute atomic E-state index is 0.00433. The molecule has 0 bridgehead atoms. The van der Waals surface area contributed by atoms with E-state index in [1.54, 1.807) is 0 Å². The summed E-state index contributed by atoms with van der Waals surface area (Å²) in [6.07, 6.45) is 9.56. The summed E-state index contributed by atoms with van der Waals surface area (Å²) in [4.78, 5) is 13.7. The monoisotopic (exact) mass is 521 g/mol. The normalized spacial score (nSPS) is 24.2. The first-order chi connectivity index (χ1) is 18.6. The third kappa shape index (κ3) is 8.50. The van der Waals surface area contributed by atoms with E-state index in [9.17, 15) is 9.90 Å². The maximum absolute atomic E-state index is 11.3. The number of hydrogen-bond acceptors (Lipinski definition) is 6. The zero-order chi connectivity index (χ0) is 26.6. The molecule has 0 amide bonds. The lowest BCUT2D eigenvalue weighted by atomic mass is 9.94. The molecule has 2 aromatic carbocycles. The molecule has 0 aromatic heterocycles. The number of aliphatic hydroxyl groups excluding tert-OH is 1. The highest BCUT2D eigenvalue weighted by Crippen LogP contribution is 2.36. The number of nitrogens with zero attached hydrogens (tertiary/aromatic N) is 1. The van der Waals surface area contributed by atoms with Crippen LogP contribution in [-0.4, -0.2) is 67.6 Å². The van der Waals surface area contributed by atoms with Gasteiger partial charge in [0.25, 0.3) is 0 Å². The van der Waals surface area contributed by atoms with Crippen LogP contribution in [0.25, 0.3) is 0 Å². The molecule has 38 heavy (non-hydrogen) atoms. The van der Waals surface area contributed by atoms with Gasteiger partial charge in [0.05, 0.1) is 39.1 Å². The Balaban J connectivity index is 1.32. The van der Waals surface area contributed by atoms with Crippen molar-refractivity contribution in [2.45, 2.75) is 69.8 Å². The lowest BCUT2D eigenvalue weighted by Crippen LogP contribution is -2.50. The topological polar surface area (TPSA) is 68.2 Å². The Labute approximate surface area is 227 Å². The van der Waals surface area contributed by atoms with E-state index >= 15 is 0 Å². The van der Waals surface area contributed by atoms with Crippen molar-refractivity contribution in [1.29, 1.82) is 0 Å². The molecule has 0 unspecified atom stereocenters. The van der Waals surface area contributed by atoms with E-state index in [0.29, 0.717) is 32.7 Å². The molecular weight excluding hydrogens is 478 g/mol. The summed E-state index contributed by atoms with van der Waals surface area (Å²) in [5.41, 5.74) is 3.85. The first-order valence-electron chi connectivity index (χ1n) is 14.1. The van der Waals surface area contributed by atoms with E-state index in [0.717, 1.165) is 50.8 Å². The van der Waals surface area contributed by atoms with Gasteiger partial charge in [0, 0.05) is 37.9 Å². The van der Waals surface area contributed by atoms with E-state index in [1.165, 1.54) is 18.2 Å². The Morgan fingerprint density at radius 1 is 1.00 bits per heavy atom. The Morgan fingerprint density at radius 2 is 1.68 bits per heavy atom. The molecule has 1 N–H and O–H groups in total. The Bertz CT molecular complexity index is 987. The third-order valence-corrected chi connectivity index (χ3v) is 7.84. The third-order valence-electron chi connectivity index (χ3n) is 7.84. The first-order valence-corrected chi connectivity index (χ1v) is 14.1. The molecule has 4 atom stereocenters.